The fourth-order valence-corrected chi connectivity index (χ4v) is 2.01. The van der Waals surface area contributed by atoms with Crippen molar-refractivity contribution in [2.45, 2.75) is 20.4 Å². The lowest BCUT2D eigenvalue weighted by Crippen LogP contribution is -2.23. The van der Waals surface area contributed by atoms with Gasteiger partial charge in [0.15, 0.2) is 0 Å². The third-order valence-corrected chi connectivity index (χ3v) is 3.08. The van der Waals surface area contributed by atoms with Gasteiger partial charge in [0.05, 0.1) is 30.5 Å². The highest BCUT2D eigenvalue weighted by molar-refractivity contribution is 5.93. The molecule has 0 atom stereocenters. The molecular formula is C14H18N4O2. The summed E-state index contributed by atoms with van der Waals surface area (Å²) in [6, 6.07) is 3.57. The Morgan fingerprint density at radius 1 is 1.40 bits per heavy atom. The minimum Gasteiger partial charge on any atom is -0.481 e. The first kappa shape index (κ1) is 14.0. The Hall–Kier alpha value is -2.37. The largest absolute Gasteiger partial charge is 0.481 e. The van der Waals surface area contributed by atoms with Gasteiger partial charge in [0.1, 0.15) is 0 Å². The van der Waals surface area contributed by atoms with E-state index in [1.165, 1.54) is 0 Å². The minimum atomic E-state index is -0.164. The molecule has 0 bridgehead atoms. The van der Waals surface area contributed by atoms with E-state index in [4.69, 9.17) is 4.74 Å². The third kappa shape index (κ3) is 2.79. The van der Waals surface area contributed by atoms with E-state index in [0.29, 0.717) is 18.0 Å². The summed E-state index contributed by atoms with van der Waals surface area (Å²) < 4.78 is 6.94. The maximum absolute atomic E-state index is 12.0. The number of hydrogen-bond acceptors (Lipinski definition) is 4. The average Bonchev–Trinajstić information content (AvgIpc) is 2.70. The summed E-state index contributed by atoms with van der Waals surface area (Å²) in [4.78, 5) is 16.1. The van der Waals surface area contributed by atoms with Crippen molar-refractivity contribution in [3.8, 4) is 5.88 Å². The highest BCUT2D eigenvalue weighted by Gasteiger charge is 2.15. The second-order valence-electron chi connectivity index (χ2n) is 4.57. The van der Waals surface area contributed by atoms with Crippen LogP contribution in [-0.4, -0.2) is 27.8 Å². The molecule has 0 fully saturated rings. The van der Waals surface area contributed by atoms with E-state index in [2.05, 4.69) is 15.4 Å². The van der Waals surface area contributed by atoms with Crippen LogP contribution in [0.1, 0.15) is 27.3 Å². The molecule has 0 aliphatic rings. The second kappa shape index (κ2) is 5.73. The minimum absolute atomic E-state index is 0.164. The van der Waals surface area contributed by atoms with Gasteiger partial charge in [0.2, 0.25) is 5.88 Å². The monoisotopic (exact) mass is 274 g/mol. The Kier molecular flexibility index (Phi) is 4.02. The van der Waals surface area contributed by atoms with Crippen LogP contribution in [0, 0.1) is 13.8 Å². The predicted octanol–water partition coefficient (Wildman–Crippen LogP) is 1.37. The van der Waals surface area contributed by atoms with Crippen LogP contribution >= 0.6 is 0 Å². The van der Waals surface area contributed by atoms with Gasteiger partial charge in [0, 0.05) is 18.9 Å². The van der Waals surface area contributed by atoms with Crippen molar-refractivity contribution in [1.82, 2.24) is 20.1 Å². The van der Waals surface area contributed by atoms with E-state index < -0.39 is 0 Å². The molecule has 0 aromatic carbocycles. The first-order valence-corrected chi connectivity index (χ1v) is 6.30. The summed E-state index contributed by atoms with van der Waals surface area (Å²) in [6.45, 7) is 4.14. The molecule has 1 N–H and O–H groups in total. The number of aromatic nitrogens is 3. The fourth-order valence-electron chi connectivity index (χ4n) is 2.01. The lowest BCUT2D eigenvalue weighted by molar-refractivity contribution is 0.0950. The second-order valence-corrected chi connectivity index (χ2v) is 4.57. The van der Waals surface area contributed by atoms with Gasteiger partial charge in [-0.3, -0.25) is 9.78 Å². The van der Waals surface area contributed by atoms with E-state index in [1.807, 2.05) is 19.9 Å². The first-order chi connectivity index (χ1) is 9.52. The first-order valence-electron chi connectivity index (χ1n) is 6.30. The van der Waals surface area contributed by atoms with Crippen molar-refractivity contribution in [2.75, 3.05) is 7.11 Å². The van der Waals surface area contributed by atoms with E-state index in [0.717, 1.165) is 17.0 Å². The normalized spacial score (nSPS) is 10.4. The number of pyridine rings is 1. The quantitative estimate of drug-likeness (QED) is 0.914. The molecule has 6 nitrogen and oxygen atoms in total. The summed E-state index contributed by atoms with van der Waals surface area (Å²) in [5.41, 5.74) is 3.14. The number of ether oxygens (including phenoxy) is 1. The van der Waals surface area contributed by atoms with Gasteiger partial charge in [-0.2, -0.15) is 5.10 Å². The fraction of sp³-hybridized carbons (Fsp3) is 0.357. The number of nitrogens with one attached hydrogen (secondary N) is 1. The van der Waals surface area contributed by atoms with E-state index in [1.54, 1.807) is 31.1 Å². The predicted molar refractivity (Wildman–Crippen MR) is 74.6 cm³/mol. The van der Waals surface area contributed by atoms with Crippen molar-refractivity contribution in [1.29, 1.82) is 0 Å². The topological polar surface area (TPSA) is 69.0 Å². The maximum atomic E-state index is 12.0. The molecule has 0 aliphatic carbocycles. The highest BCUT2D eigenvalue weighted by atomic mass is 16.5. The van der Waals surface area contributed by atoms with Crippen LogP contribution in [0.2, 0.25) is 0 Å². The Labute approximate surface area is 117 Å². The van der Waals surface area contributed by atoms with Crippen LogP contribution in [0.3, 0.4) is 0 Å². The van der Waals surface area contributed by atoms with Crippen LogP contribution in [0.25, 0.3) is 0 Å². The Bertz CT molecular complexity index is 617. The number of rotatable bonds is 4. The van der Waals surface area contributed by atoms with Crippen molar-refractivity contribution < 1.29 is 9.53 Å². The third-order valence-electron chi connectivity index (χ3n) is 3.08. The lowest BCUT2D eigenvalue weighted by atomic mass is 10.2. The standard InChI is InChI=1S/C14H18N4O2/c1-9-5-6-11(7-15-9)13(19)16-8-12-10(2)17-18(3)14(12)20-4/h5-7H,8H2,1-4H3,(H,16,19). The SMILES string of the molecule is COc1c(CNC(=O)c2ccc(C)nc2)c(C)nn1C. The van der Waals surface area contributed by atoms with Crippen LogP contribution in [0.15, 0.2) is 18.3 Å². The summed E-state index contributed by atoms with van der Waals surface area (Å²) in [7, 11) is 3.40. The Balaban J connectivity index is 2.09. The summed E-state index contributed by atoms with van der Waals surface area (Å²) >= 11 is 0. The molecule has 0 radical (unpaired) electrons. The smallest absolute Gasteiger partial charge is 0.253 e. The molecular weight excluding hydrogens is 256 g/mol. The number of methoxy groups -OCH3 is 1. The zero-order valence-corrected chi connectivity index (χ0v) is 12.1. The Morgan fingerprint density at radius 2 is 2.15 bits per heavy atom. The maximum Gasteiger partial charge on any atom is 0.253 e. The number of carbonyl (C=O) groups excluding carboxylic acids is 1. The summed E-state index contributed by atoms with van der Waals surface area (Å²) in [5, 5.41) is 7.12. The van der Waals surface area contributed by atoms with E-state index in [-0.39, 0.29) is 5.91 Å². The van der Waals surface area contributed by atoms with Gasteiger partial charge in [-0.15, -0.1) is 0 Å². The van der Waals surface area contributed by atoms with Crippen LogP contribution in [0.4, 0.5) is 0 Å². The van der Waals surface area contributed by atoms with Gasteiger partial charge < -0.3 is 10.1 Å². The highest BCUT2D eigenvalue weighted by Crippen LogP contribution is 2.20. The van der Waals surface area contributed by atoms with Crippen LogP contribution in [0.5, 0.6) is 5.88 Å². The molecule has 2 aromatic rings. The molecule has 2 heterocycles. The van der Waals surface area contributed by atoms with E-state index >= 15 is 0 Å². The van der Waals surface area contributed by atoms with Crippen LogP contribution in [-0.2, 0) is 13.6 Å². The summed E-state index contributed by atoms with van der Waals surface area (Å²) in [6.07, 6.45) is 1.57. The van der Waals surface area contributed by atoms with E-state index in [9.17, 15) is 4.79 Å². The zero-order valence-electron chi connectivity index (χ0n) is 12.1. The zero-order chi connectivity index (χ0) is 14.7. The van der Waals surface area contributed by atoms with Gasteiger partial charge in [-0.1, -0.05) is 0 Å². The molecule has 0 spiro atoms. The van der Waals surface area contributed by atoms with Gasteiger partial charge in [-0.05, 0) is 26.0 Å². The average molecular weight is 274 g/mol. The summed E-state index contributed by atoms with van der Waals surface area (Å²) in [5.74, 6) is 0.493. The molecule has 1 amide bonds. The van der Waals surface area contributed by atoms with Crippen molar-refractivity contribution in [3.63, 3.8) is 0 Å². The molecule has 6 heteroatoms. The number of carbonyl (C=O) groups is 1. The molecule has 106 valence electrons. The van der Waals surface area contributed by atoms with Crippen LogP contribution < -0.4 is 10.1 Å². The van der Waals surface area contributed by atoms with Crippen molar-refractivity contribution in [2.24, 2.45) is 7.05 Å². The van der Waals surface area contributed by atoms with Crippen molar-refractivity contribution in [3.05, 3.63) is 40.8 Å². The molecule has 20 heavy (non-hydrogen) atoms. The molecule has 2 rings (SSSR count). The van der Waals surface area contributed by atoms with Gasteiger partial charge in [-0.25, -0.2) is 4.68 Å². The Morgan fingerprint density at radius 3 is 2.75 bits per heavy atom. The lowest BCUT2D eigenvalue weighted by Gasteiger charge is -2.07. The molecule has 0 saturated carbocycles. The number of nitrogens with zero attached hydrogens (tertiary/aromatic N) is 3. The van der Waals surface area contributed by atoms with Gasteiger partial charge >= 0.3 is 0 Å². The van der Waals surface area contributed by atoms with Crippen molar-refractivity contribution >= 4 is 5.91 Å². The number of aryl methyl sites for hydroxylation is 3. The van der Waals surface area contributed by atoms with Gasteiger partial charge in [0.25, 0.3) is 5.91 Å². The molecule has 2 aromatic heterocycles. The molecule has 0 aliphatic heterocycles. The molecule has 0 unspecified atom stereocenters. The number of amides is 1. The number of hydrogen-bond donors (Lipinski definition) is 1. The molecule has 0 saturated heterocycles.